The predicted molar refractivity (Wildman–Crippen MR) is 63.7 cm³/mol. The third-order valence-electron chi connectivity index (χ3n) is 2.58. The number of fused-ring (bicyclic) bond motifs is 1. The van der Waals surface area contributed by atoms with Gasteiger partial charge in [-0.3, -0.25) is 5.10 Å². The van der Waals surface area contributed by atoms with E-state index in [1.807, 2.05) is 18.2 Å². The number of hydrogen-bond donors (Lipinski definition) is 2. The van der Waals surface area contributed by atoms with Gasteiger partial charge in [0.05, 0.1) is 5.39 Å². The molecular weight excluding hydrogens is 219 g/mol. The minimum absolute atomic E-state index is 0.282. The summed E-state index contributed by atoms with van der Waals surface area (Å²) in [5.41, 5.74) is 7.03. The number of nitrogens with one attached hydrogen (secondary N) is 1. The number of anilines is 1. The summed E-state index contributed by atoms with van der Waals surface area (Å²) in [6, 6.07) is 10.5. The Balaban J connectivity index is 2.27. The Morgan fingerprint density at radius 3 is 2.71 bits per heavy atom. The fourth-order valence-corrected chi connectivity index (χ4v) is 1.73. The number of pyridine rings is 1. The number of rotatable bonds is 1. The zero-order chi connectivity index (χ0) is 11.8. The zero-order valence-corrected chi connectivity index (χ0v) is 8.81. The molecule has 17 heavy (non-hydrogen) atoms. The van der Waals surface area contributed by atoms with Crippen molar-refractivity contribution in [2.24, 2.45) is 0 Å². The zero-order valence-electron chi connectivity index (χ0n) is 8.81. The first-order chi connectivity index (χ1) is 8.25. The average Bonchev–Trinajstić information content (AvgIpc) is 2.71. The summed E-state index contributed by atoms with van der Waals surface area (Å²) < 4.78 is 13.9. The Labute approximate surface area is 96.3 Å². The maximum absolute atomic E-state index is 13.9. The van der Waals surface area contributed by atoms with Crippen LogP contribution in [0, 0.1) is 5.82 Å². The molecule has 3 N–H and O–H groups in total. The molecule has 0 spiro atoms. The van der Waals surface area contributed by atoms with Gasteiger partial charge >= 0.3 is 0 Å². The fraction of sp³-hybridized carbons (Fsp3) is 0. The van der Waals surface area contributed by atoms with E-state index in [9.17, 15) is 4.39 Å². The Morgan fingerprint density at radius 2 is 1.94 bits per heavy atom. The molecule has 0 saturated carbocycles. The van der Waals surface area contributed by atoms with Crippen molar-refractivity contribution < 1.29 is 4.39 Å². The van der Waals surface area contributed by atoms with Crippen molar-refractivity contribution in [3.8, 4) is 11.3 Å². The van der Waals surface area contributed by atoms with Crippen LogP contribution in [0.5, 0.6) is 0 Å². The quantitative estimate of drug-likeness (QED) is 0.671. The first-order valence-corrected chi connectivity index (χ1v) is 5.11. The SMILES string of the molecule is Nc1[nH]nc2nc(-c3ccccc3)c(F)cc12. The molecule has 2 heterocycles. The van der Waals surface area contributed by atoms with Crippen LogP contribution in [0.2, 0.25) is 0 Å². The second-order valence-electron chi connectivity index (χ2n) is 3.69. The second-order valence-corrected chi connectivity index (χ2v) is 3.69. The van der Waals surface area contributed by atoms with Crippen molar-refractivity contribution in [1.29, 1.82) is 0 Å². The summed E-state index contributed by atoms with van der Waals surface area (Å²) in [5, 5.41) is 7.00. The number of aromatic nitrogens is 3. The van der Waals surface area contributed by atoms with Crippen molar-refractivity contribution in [2.45, 2.75) is 0 Å². The van der Waals surface area contributed by atoms with Gasteiger partial charge in [-0.25, -0.2) is 9.37 Å². The van der Waals surface area contributed by atoms with E-state index in [-0.39, 0.29) is 5.69 Å². The molecule has 4 nitrogen and oxygen atoms in total. The lowest BCUT2D eigenvalue weighted by Gasteiger charge is -2.02. The smallest absolute Gasteiger partial charge is 0.183 e. The summed E-state index contributed by atoms with van der Waals surface area (Å²) in [5.74, 6) is -0.0807. The molecule has 3 aromatic rings. The van der Waals surface area contributed by atoms with E-state index in [0.29, 0.717) is 22.4 Å². The predicted octanol–water partition coefficient (Wildman–Crippen LogP) is 2.35. The van der Waals surface area contributed by atoms with Crippen molar-refractivity contribution in [3.63, 3.8) is 0 Å². The normalized spacial score (nSPS) is 10.9. The Kier molecular flexibility index (Phi) is 2.04. The van der Waals surface area contributed by atoms with Crippen LogP contribution < -0.4 is 5.73 Å². The minimum atomic E-state index is -0.406. The molecular formula is C12H9FN4. The molecule has 0 aliphatic carbocycles. The van der Waals surface area contributed by atoms with Gasteiger partial charge in [0.2, 0.25) is 0 Å². The summed E-state index contributed by atoms with van der Waals surface area (Å²) in [4.78, 5) is 4.17. The van der Waals surface area contributed by atoms with E-state index in [1.165, 1.54) is 6.07 Å². The average molecular weight is 228 g/mol. The van der Waals surface area contributed by atoms with Gasteiger partial charge in [-0.1, -0.05) is 30.3 Å². The molecule has 1 aromatic carbocycles. The third-order valence-corrected chi connectivity index (χ3v) is 2.58. The number of aromatic amines is 1. The van der Waals surface area contributed by atoms with Crippen LogP contribution in [-0.4, -0.2) is 15.2 Å². The lowest BCUT2D eigenvalue weighted by Crippen LogP contribution is -1.91. The lowest BCUT2D eigenvalue weighted by atomic mass is 10.1. The summed E-state index contributed by atoms with van der Waals surface area (Å²) in [6.45, 7) is 0. The fourth-order valence-electron chi connectivity index (χ4n) is 1.73. The molecule has 0 aliphatic heterocycles. The maximum Gasteiger partial charge on any atom is 0.183 e. The number of nitrogens with two attached hydrogens (primary N) is 1. The Hall–Kier alpha value is -2.43. The molecule has 3 rings (SSSR count). The van der Waals surface area contributed by atoms with Crippen LogP contribution in [0.1, 0.15) is 0 Å². The van der Waals surface area contributed by atoms with Crippen molar-refractivity contribution in [2.75, 3.05) is 5.73 Å². The molecule has 0 aliphatic rings. The van der Waals surface area contributed by atoms with Crippen molar-refractivity contribution >= 4 is 16.9 Å². The van der Waals surface area contributed by atoms with E-state index in [2.05, 4.69) is 15.2 Å². The van der Waals surface area contributed by atoms with Gasteiger partial charge in [-0.15, -0.1) is 0 Å². The van der Waals surface area contributed by atoms with Crippen LogP contribution in [0.4, 0.5) is 10.2 Å². The molecule has 0 unspecified atom stereocenters. The molecule has 5 heteroatoms. The van der Waals surface area contributed by atoms with E-state index < -0.39 is 5.82 Å². The summed E-state index contributed by atoms with van der Waals surface area (Å²) >= 11 is 0. The number of halogens is 1. The number of nitrogens with zero attached hydrogens (tertiary/aromatic N) is 2. The minimum Gasteiger partial charge on any atom is -0.384 e. The maximum atomic E-state index is 13.9. The largest absolute Gasteiger partial charge is 0.384 e. The number of H-pyrrole nitrogens is 1. The second kappa shape index (κ2) is 3.55. The highest BCUT2D eigenvalue weighted by molar-refractivity contribution is 5.87. The van der Waals surface area contributed by atoms with Gasteiger partial charge in [0, 0.05) is 5.56 Å². The van der Waals surface area contributed by atoms with E-state index in [0.717, 1.165) is 0 Å². The Morgan fingerprint density at radius 1 is 1.18 bits per heavy atom. The van der Waals surface area contributed by atoms with Gasteiger partial charge in [-0.05, 0) is 6.07 Å². The van der Waals surface area contributed by atoms with Crippen LogP contribution in [0.3, 0.4) is 0 Å². The lowest BCUT2D eigenvalue weighted by molar-refractivity contribution is 0.628. The number of hydrogen-bond acceptors (Lipinski definition) is 3. The van der Waals surface area contributed by atoms with Crippen LogP contribution in [0.25, 0.3) is 22.3 Å². The number of benzene rings is 1. The Bertz CT molecular complexity index is 676. The molecule has 84 valence electrons. The number of nitrogen functional groups attached to an aromatic ring is 1. The molecule has 2 aromatic heterocycles. The van der Waals surface area contributed by atoms with Crippen molar-refractivity contribution in [3.05, 3.63) is 42.2 Å². The molecule has 0 saturated heterocycles. The van der Waals surface area contributed by atoms with Gasteiger partial charge in [0.1, 0.15) is 17.3 Å². The van der Waals surface area contributed by atoms with Crippen LogP contribution >= 0.6 is 0 Å². The van der Waals surface area contributed by atoms with Crippen LogP contribution in [0.15, 0.2) is 36.4 Å². The monoisotopic (exact) mass is 228 g/mol. The third kappa shape index (κ3) is 1.52. The van der Waals surface area contributed by atoms with Gasteiger partial charge in [-0.2, -0.15) is 5.10 Å². The molecule has 0 bridgehead atoms. The summed E-state index contributed by atoms with van der Waals surface area (Å²) in [6.07, 6.45) is 0. The van der Waals surface area contributed by atoms with Gasteiger partial charge in [0.15, 0.2) is 5.65 Å². The molecule has 0 atom stereocenters. The van der Waals surface area contributed by atoms with E-state index in [4.69, 9.17) is 5.73 Å². The van der Waals surface area contributed by atoms with Gasteiger partial charge < -0.3 is 5.73 Å². The highest BCUT2D eigenvalue weighted by Gasteiger charge is 2.12. The van der Waals surface area contributed by atoms with Crippen molar-refractivity contribution in [1.82, 2.24) is 15.2 Å². The summed E-state index contributed by atoms with van der Waals surface area (Å²) in [7, 11) is 0. The van der Waals surface area contributed by atoms with E-state index in [1.54, 1.807) is 12.1 Å². The van der Waals surface area contributed by atoms with E-state index >= 15 is 0 Å². The molecule has 0 amide bonds. The first kappa shape index (κ1) is 9.77. The first-order valence-electron chi connectivity index (χ1n) is 5.11. The van der Waals surface area contributed by atoms with Gasteiger partial charge in [0.25, 0.3) is 0 Å². The topological polar surface area (TPSA) is 67.6 Å². The highest BCUT2D eigenvalue weighted by Crippen LogP contribution is 2.25. The standard InChI is InChI=1S/C12H9FN4/c13-9-6-8-11(14)16-17-12(8)15-10(9)7-4-2-1-3-5-7/h1-6H,(H3,14,15,16,17). The molecule has 0 fully saturated rings. The molecule has 0 radical (unpaired) electrons. The van der Waals surface area contributed by atoms with Crippen LogP contribution in [-0.2, 0) is 0 Å². The highest BCUT2D eigenvalue weighted by atomic mass is 19.1.